The molecule has 290 valence electrons. The average Bonchev–Trinajstić information content (AvgIpc) is 3.65. The van der Waals surface area contributed by atoms with E-state index in [1.165, 1.54) is 27.8 Å². The molecule has 12 rings (SSSR count). The number of fused-ring (bicyclic) bond motifs is 9. The summed E-state index contributed by atoms with van der Waals surface area (Å²) in [6.07, 6.45) is 0. The SMILES string of the molecule is c1ccc(-c2nc(-c3cccc(-c4cccc(-c5ccc6c(c5)Oc5ccccc5C65c6ccccc6-c6ccccc65)c4)c3)cc(-c3ccccc3-c3ccccc3)n2)cc1. The van der Waals surface area contributed by atoms with Gasteiger partial charge in [0.15, 0.2) is 5.82 Å². The molecule has 10 aromatic rings. The average molecular weight is 791 g/mol. The predicted molar refractivity (Wildman–Crippen MR) is 252 cm³/mol. The molecule has 0 saturated carbocycles. The van der Waals surface area contributed by atoms with Crippen LogP contribution in [0.4, 0.5) is 0 Å². The van der Waals surface area contributed by atoms with Crippen LogP contribution in [0.15, 0.2) is 231 Å². The Labute approximate surface area is 361 Å². The zero-order chi connectivity index (χ0) is 41.0. The monoisotopic (exact) mass is 790 g/mol. The molecule has 2 aliphatic rings. The molecule has 1 spiro atoms. The van der Waals surface area contributed by atoms with Gasteiger partial charge in [0.05, 0.1) is 16.8 Å². The van der Waals surface area contributed by atoms with Crippen LogP contribution in [-0.4, -0.2) is 9.97 Å². The van der Waals surface area contributed by atoms with Gasteiger partial charge in [0.2, 0.25) is 0 Å². The van der Waals surface area contributed by atoms with Gasteiger partial charge in [-0.15, -0.1) is 0 Å². The summed E-state index contributed by atoms with van der Waals surface area (Å²) in [5.74, 6) is 2.46. The number of hydrogen-bond donors (Lipinski definition) is 0. The number of rotatable bonds is 6. The molecule has 2 heterocycles. The molecule has 3 heteroatoms. The van der Waals surface area contributed by atoms with Gasteiger partial charge >= 0.3 is 0 Å². The van der Waals surface area contributed by atoms with E-state index >= 15 is 0 Å². The van der Waals surface area contributed by atoms with Gasteiger partial charge in [0.1, 0.15) is 11.5 Å². The third-order valence-corrected chi connectivity index (χ3v) is 12.6. The van der Waals surface area contributed by atoms with Crippen LogP contribution in [0.25, 0.3) is 78.4 Å². The van der Waals surface area contributed by atoms with E-state index < -0.39 is 5.41 Å². The quantitative estimate of drug-likeness (QED) is 0.168. The van der Waals surface area contributed by atoms with Crippen LogP contribution >= 0.6 is 0 Å². The molecule has 1 aliphatic carbocycles. The molecular formula is C59H38N2O. The van der Waals surface area contributed by atoms with E-state index in [2.05, 4.69) is 212 Å². The Balaban J connectivity index is 0.947. The fourth-order valence-corrected chi connectivity index (χ4v) is 9.80. The normalized spacial score (nSPS) is 12.8. The van der Waals surface area contributed by atoms with E-state index in [-0.39, 0.29) is 0 Å². The zero-order valence-electron chi connectivity index (χ0n) is 33.7. The smallest absolute Gasteiger partial charge is 0.160 e. The summed E-state index contributed by atoms with van der Waals surface area (Å²) in [5.41, 5.74) is 18.5. The standard InChI is InChI=1S/C59H38N2O/c1-3-17-39(18-4-1)46-25-7-8-28-49(46)55-38-54(60-58(61-55)40-19-5-2-6-20-40)45-24-16-23-43(36-45)41-21-15-22-42(35-41)44-33-34-53-57(37-44)62-56-32-14-13-31-52(56)59(53)50-29-11-9-26-47(50)48-27-10-12-30-51(48)59/h1-38H. The van der Waals surface area contributed by atoms with Crippen molar-refractivity contribution < 1.29 is 4.74 Å². The molecule has 1 aliphatic heterocycles. The molecular weight excluding hydrogens is 753 g/mol. The van der Waals surface area contributed by atoms with E-state index in [9.17, 15) is 0 Å². The van der Waals surface area contributed by atoms with Crippen molar-refractivity contribution in [2.45, 2.75) is 5.41 Å². The Morgan fingerprint density at radius 1 is 0.274 bits per heavy atom. The zero-order valence-corrected chi connectivity index (χ0v) is 33.7. The molecule has 3 nitrogen and oxygen atoms in total. The summed E-state index contributed by atoms with van der Waals surface area (Å²) >= 11 is 0. The Hall–Kier alpha value is -8.14. The summed E-state index contributed by atoms with van der Waals surface area (Å²) in [4.78, 5) is 10.4. The Morgan fingerprint density at radius 2 is 0.742 bits per heavy atom. The van der Waals surface area contributed by atoms with Crippen molar-refractivity contribution in [2.24, 2.45) is 0 Å². The third-order valence-electron chi connectivity index (χ3n) is 12.6. The fraction of sp³-hybridized carbons (Fsp3) is 0.0169. The lowest BCUT2D eigenvalue weighted by molar-refractivity contribution is 0.436. The van der Waals surface area contributed by atoms with Gasteiger partial charge in [-0.3, -0.25) is 0 Å². The maximum atomic E-state index is 6.84. The van der Waals surface area contributed by atoms with Crippen LogP contribution in [0.1, 0.15) is 22.3 Å². The summed E-state index contributed by atoms with van der Waals surface area (Å²) < 4.78 is 6.84. The molecule has 9 aromatic carbocycles. The Kier molecular flexibility index (Phi) is 8.39. The largest absolute Gasteiger partial charge is 0.457 e. The Morgan fingerprint density at radius 3 is 1.42 bits per heavy atom. The van der Waals surface area contributed by atoms with Gasteiger partial charge in [-0.25, -0.2) is 9.97 Å². The minimum Gasteiger partial charge on any atom is -0.457 e. The molecule has 62 heavy (non-hydrogen) atoms. The first kappa shape index (κ1) is 35.8. The third kappa shape index (κ3) is 5.74. The number of nitrogens with zero attached hydrogens (tertiary/aromatic N) is 2. The van der Waals surface area contributed by atoms with Crippen molar-refractivity contribution in [3.63, 3.8) is 0 Å². The van der Waals surface area contributed by atoms with Crippen LogP contribution < -0.4 is 4.74 Å². The summed E-state index contributed by atoms with van der Waals surface area (Å²) in [7, 11) is 0. The van der Waals surface area contributed by atoms with E-state index in [1.54, 1.807) is 0 Å². The summed E-state index contributed by atoms with van der Waals surface area (Å²) in [5, 5.41) is 0. The van der Waals surface area contributed by atoms with E-state index in [1.807, 2.05) is 18.2 Å². The minimum atomic E-state index is -0.483. The topological polar surface area (TPSA) is 35.0 Å². The number of hydrogen-bond acceptors (Lipinski definition) is 3. The lowest BCUT2D eigenvalue weighted by Crippen LogP contribution is -2.32. The highest BCUT2D eigenvalue weighted by atomic mass is 16.5. The summed E-state index contributed by atoms with van der Waals surface area (Å²) in [6, 6.07) is 81.9. The molecule has 1 aromatic heterocycles. The summed E-state index contributed by atoms with van der Waals surface area (Å²) in [6.45, 7) is 0. The van der Waals surface area contributed by atoms with Gasteiger partial charge in [0.25, 0.3) is 0 Å². The lowest BCUT2D eigenvalue weighted by Gasteiger charge is -2.39. The van der Waals surface area contributed by atoms with Gasteiger partial charge < -0.3 is 4.74 Å². The second-order valence-corrected chi connectivity index (χ2v) is 16.1. The molecule has 0 radical (unpaired) electrons. The second-order valence-electron chi connectivity index (χ2n) is 16.1. The highest BCUT2D eigenvalue weighted by molar-refractivity contribution is 5.90. The molecule has 0 bridgehead atoms. The van der Waals surface area contributed by atoms with Crippen LogP contribution in [-0.2, 0) is 5.41 Å². The van der Waals surface area contributed by atoms with Crippen molar-refractivity contribution in [2.75, 3.05) is 0 Å². The van der Waals surface area contributed by atoms with Crippen LogP contribution in [0.3, 0.4) is 0 Å². The van der Waals surface area contributed by atoms with Gasteiger partial charge in [-0.2, -0.15) is 0 Å². The van der Waals surface area contributed by atoms with Crippen molar-refractivity contribution in [1.29, 1.82) is 0 Å². The Bertz CT molecular complexity index is 3290. The minimum absolute atomic E-state index is 0.483. The molecule has 0 fully saturated rings. The van der Waals surface area contributed by atoms with Gasteiger partial charge in [-0.05, 0) is 86.0 Å². The molecule has 0 atom stereocenters. The van der Waals surface area contributed by atoms with Crippen molar-refractivity contribution >= 4 is 0 Å². The first-order chi connectivity index (χ1) is 30.7. The van der Waals surface area contributed by atoms with Gasteiger partial charge in [-0.1, -0.05) is 200 Å². The van der Waals surface area contributed by atoms with Gasteiger partial charge in [0, 0.05) is 27.8 Å². The van der Waals surface area contributed by atoms with Crippen LogP contribution in [0.5, 0.6) is 11.5 Å². The molecule has 0 amide bonds. The van der Waals surface area contributed by atoms with E-state index in [0.717, 1.165) is 78.5 Å². The van der Waals surface area contributed by atoms with Crippen molar-refractivity contribution in [1.82, 2.24) is 9.97 Å². The van der Waals surface area contributed by atoms with Crippen molar-refractivity contribution in [3.8, 4) is 89.9 Å². The molecule has 0 N–H and O–H groups in total. The number of benzene rings is 9. The van der Waals surface area contributed by atoms with E-state index in [0.29, 0.717) is 5.82 Å². The molecule has 0 unspecified atom stereocenters. The predicted octanol–water partition coefficient (Wildman–Crippen LogP) is 14.9. The first-order valence-corrected chi connectivity index (χ1v) is 21.1. The van der Waals surface area contributed by atoms with Crippen molar-refractivity contribution in [3.05, 3.63) is 253 Å². The second kappa shape index (κ2) is 14.5. The number of aromatic nitrogens is 2. The highest BCUT2D eigenvalue weighted by Crippen LogP contribution is 2.62. The van der Waals surface area contributed by atoms with Crippen LogP contribution in [0, 0.1) is 0 Å². The van der Waals surface area contributed by atoms with E-state index in [4.69, 9.17) is 14.7 Å². The number of ether oxygens (including phenoxy) is 1. The lowest BCUT2D eigenvalue weighted by atomic mass is 9.66. The number of para-hydroxylation sites is 1. The fourth-order valence-electron chi connectivity index (χ4n) is 9.80. The maximum Gasteiger partial charge on any atom is 0.160 e. The van der Waals surface area contributed by atoms with Crippen LogP contribution in [0.2, 0.25) is 0 Å². The maximum absolute atomic E-state index is 6.84. The first-order valence-electron chi connectivity index (χ1n) is 21.1. The highest BCUT2D eigenvalue weighted by Gasteiger charge is 2.50. The molecule has 0 saturated heterocycles.